The highest BCUT2D eigenvalue weighted by molar-refractivity contribution is 5.97. The van der Waals surface area contributed by atoms with Crippen molar-refractivity contribution in [2.75, 3.05) is 45.9 Å². The molecule has 252 valence electrons. The molecule has 9 heteroatoms. The van der Waals surface area contributed by atoms with Crippen molar-refractivity contribution in [1.29, 1.82) is 0 Å². The molecule has 0 unspecified atom stereocenters. The van der Waals surface area contributed by atoms with Gasteiger partial charge in [-0.3, -0.25) is 24.6 Å². The van der Waals surface area contributed by atoms with Gasteiger partial charge in [-0.2, -0.15) is 0 Å². The number of rotatable bonds is 5. The van der Waals surface area contributed by atoms with Crippen LogP contribution in [0.25, 0.3) is 0 Å². The Morgan fingerprint density at radius 1 is 1.02 bits per heavy atom. The maximum atomic E-state index is 14.4. The van der Waals surface area contributed by atoms with Gasteiger partial charge >= 0.3 is 0 Å². The zero-order valence-corrected chi connectivity index (χ0v) is 28.2. The molecule has 0 aromatic heterocycles. The zero-order valence-electron chi connectivity index (χ0n) is 28.2. The molecule has 3 heterocycles. The predicted octanol–water partition coefficient (Wildman–Crippen LogP) is 3.20. The molecular weight excluding hydrogens is 568 g/mol. The molecule has 2 amide bonds. The molecule has 3 aliphatic heterocycles. The Labute approximate surface area is 269 Å². The molecule has 9 nitrogen and oxygen atoms in total. The molecular formula is C36H58N4O5. The molecule has 7 aliphatic rings. The first kappa shape index (κ1) is 32.0. The molecule has 1 spiro atoms. The van der Waals surface area contributed by atoms with Crippen LogP contribution in [0.4, 0.5) is 0 Å². The van der Waals surface area contributed by atoms with Gasteiger partial charge < -0.3 is 20.1 Å². The second-order valence-electron chi connectivity index (χ2n) is 16.8. The highest BCUT2D eigenvalue weighted by Gasteiger charge is 2.71. The molecule has 7 rings (SSSR count). The van der Waals surface area contributed by atoms with E-state index in [1.54, 1.807) is 4.90 Å². The third kappa shape index (κ3) is 5.21. The summed E-state index contributed by atoms with van der Waals surface area (Å²) >= 11 is 0. The molecule has 0 aromatic carbocycles. The number of carbonyl (C=O) groups excluding carboxylic acids is 3. The average molecular weight is 627 g/mol. The van der Waals surface area contributed by atoms with Crippen molar-refractivity contribution in [2.24, 2.45) is 52.3 Å². The lowest BCUT2D eigenvalue weighted by Crippen LogP contribution is -2.60. The number of aliphatic hydroxyl groups excluding tert-OH is 1. The van der Waals surface area contributed by atoms with E-state index in [1.165, 1.54) is 12.8 Å². The number of hydrogen-bond acceptors (Lipinski definition) is 7. The van der Waals surface area contributed by atoms with Crippen LogP contribution in [0.1, 0.15) is 91.9 Å². The van der Waals surface area contributed by atoms with Crippen LogP contribution in [0.5, 0.6) is 0 Å². The lowest BCUT2D eigenvalue weighted by atomic mass is 9.44. The third-order valence-electron chi connectivity index (χ3n) is 14.8. The quantitative estimate of drug-likeness (QED) is 0.402. The van der Waals surface area contributed by atoms with E-state index in [2.05, 4.69) is 43.2 Å². The van der Waals surface area contributed by atoms with Crippen LogP contribution in [-0.2, 0) is 19.1 Å². The van der Waals surface area contributed by atoms with Crippen molar-refractivity contribution in [2.45, 2.75) is 110 Å². The van der Waals surface area contributed by atoms with Gasteiger partial charge in [0.15, 0.2) is 0 Å². The van der Waals surface area contributed by atoms with E-state index >= 15 is 0 Å². The lowest BCUT2D eigenvalue weighted by Gasteiger charge is -2.60. The monoisotopic (exact) mass is 626 g/mol. The Hall–Kier alpha value is -1.55. The number of hydrogen-bond donors (Lipinski definition) is 3. The van der Waals surface area contributed by atoms with Crippen molar-refractivity contribution in [3.63, 3.8) is 0 Å². The van der Waals surface area contributed by atoms with E-state index in [0.717, 1.165) is 58.2 Å². The number of nitrogens with zero attached hydrogens (tertiary/aromatic N) is 2. The summed E-state index contributed by atoms with van der Waals surface area (Å²) in [6, 6.07) is 0.105. The number of ether oxygens (including phenoxy) is 1. The fourth-order valence-corrected chi connectivity index (χ4v) is 12.2. The number of ketones is 1. The number of aliphatic hydroxyl groups is 1. The highest BCUT2D eigenvalue weighted by atomic mass is 16.5. The normalized spacial score (nSPS) is 48.0. The molecule has 12 atom stereocenters. The molecule has 0 bridgehead atoms. The average Bonchev–Trinajstić information content (AvgIpc) is 3.46. The van der Waals surface area contributed by atoms with E-state index in [-0.39, 0.29) is 53.5 Å². The van der Waals surface area contributed by atoms with Crippen molar-refractivity contribution in [3.05, 3.63) is 0 Å². The first-order chi connectivity index (χ1) is 21.5. The van der Waals surface area contributed by atoms with E-state index in [4.69, 9.17) is 9.84 Å². The van der Waals surface area contributed by atoms with Crippen LogP contribution < -0.4 is 10.6 Å². The molecule has 4 saturated carbocycles. The number of fused-ring (bicyclic) bond motifs is 7. The molecule has 0 aromatic rings. The van der Waals surface area contributed by atoms with Crippen LogP contribution in [-0.4, -0.2) is 96.3 Å². The minimum absolute atomic E-state index is 0.0867. The Balaban J connectivity index is 0.967. The van der Waals surface area contributed by atoms with Crippen LogP contribution in [0, 0.1) is 52.3 Å². The summed E-state index contributed by atoms with van der Waals surface area (Å²) < 4.78 is 6.98. The van der Waals surface area contributed by atoms with Crippen molar-refractivity contribution in [3.8, 4) is 0 Å². The number of piperidine rings is 1. The third-order valence-corrected chi connectivity index (χ3v) is 14.8. The summed E-state index contributed by atoms with van der Waals surface area (Å²) in [5, 5.41) is 16.2. The molecule has 4 aliphatic carbocycles. The smallest absolute Gasteiger partial charge is 0.232 e. The van der Waals surface area contributed by atoms with Crippen molar-refractivity contribution in [1.82, 2.24) is 20.4 Å². The molecule has 3 saturated heterocycles. The summed E-state index contributed by atoms with van der Waals surface area (Å²) in [4.78, 5) is 44.2. The summed E-state index contributed by atoms with van der Waals surface area (Å²) in [5.74, 6) is 3.47. The Bertz CT molecular complexity index is 1160. The molecule has 3 N–H and O–H groups in total. The van der Waals surface area contributed by atoms with E-state index in [9.17, 15) is 14.4 Å². The van der Waals surface area contributed by atoms with Gasteiger partial charge in [0.2, 0.25) is 11.8 Å². The minimum Gasteiger partial charge on any atom is -0.395 e. The maximum Gasteiger partial charge on any atom is 0.232 e. The largest absolute Gasteiger partial charge is 0.395 e. The first-order valence-corrected chi connectivity index (χ1v) is 18.3. The van der Waals surface area contributed by atoms with Crippen LogP contribution in [0.15, 0.2) is 0 Å². The van der Waals surface area contributed by atoms with Gasteiger partial charge in [-0.05, 0) is 86.4 Å². The topological polar surface area (TPSA) is 111 Å². The van der Waals surface area contributed by atoms with Gasteiger partial charge in [0.25, 0.3) is 0 Å². The van der Waals surface area contributed by atoms with E-state index in [1.807, 2.05) is 0 Å². The van der Waals surface area contributed by atoms with Crippen LogP contribution >= 0.6 is 0 Å². The maximum absolute atomic E-state index is 14.4. The van der Waals surface area contributed by atoms with Crippen molar-refractivity contribution < 1.29 is 24.2 Å². The van der Waals surface area contributed by atoms with Crippen molar-refractivity contribution >= 4 is 17.6 Å². The predicted molar refractivity (Wildman–Crippen MR) is 171 cm³/mol. The highest BCUT2D eigenvalue weighted by Crippen LogP contribution is 2.70. The van der Waals surface area contributed by atoms with Gasteiger partial charge in [0, 0.05) is 69.0 Å². The summed E-state index contributed by atoms with van der Waals surface area (Å²) in [6.45, 7) is 13.9. The first-order valence-electron chi connectivity index (χ1n) is 18.3. The van der Waals surface area contributed by atoms with Gasteiger partial charge in [0.1, 0.15) is 17.9 Å². The standard InChI is InChI=1S/C36H58N4O5/c1-22-7-10-36(37-21-22)23(2)33-29(45-36)18-28-26-6-5-24-17-25(8-9-34(24,3)27(26)19-30(42)35(28,33)4)38-31(43)20-32(44)40-13-11-39(12-14-40)15-16-41/h22-29,33,37,41H,5-21H2,1-4H3,(H,38,43)/t22-,23-,24+,25+,26+,27-,28-,29-,33-,34-,35+,36+/m0/s1. The zero-order chi connectivity index (χ0) is 31.7. The number of carbonyl (C=O) groups is 3. The van der Waals surface area contributed by atoms with Gasteiger partial charge in [0.05, 0.1) is 12.7 Å². The lowest BCUT2D eigenvalue weighted by molar-refractivity contribution is -0.160. The number of β-amino-alcohol motifs (C(OH)–C–C–N with tert-alkyl or cyclic N) is 1. The molecule has 0 radical (unpaired) electrons. The summed E-state index contributed by atoms with van der Waals surface area (Å²) in [5.41, 5.74) is -0.414. The fourth-order valence-electron chi connectivity index (χ4n) is 12.2. The fraction of sp³-hybridized carbons (Fsp3) is 0.917. The van der Waals surface area contributed by atoms with E-state index in [0.29, 0.717) is 73.3 Å². The molecule has 7 fully saturated rings. The molecule has 45 heavy (non-hydrogen) atoms. The Morgan fingerprint density at radius 3 is 2.51 bits per heavy atom. The van der Waals surface area contributed by atoms with Gasteiger partial charge in [-0.25, -0.2) is 0 Å². The van der Waals surface area contributed by atoms with E-state index < -0.39 is 0 Å². The minimum atomic E-state index is -0.286. The second kappa shape index (κ2) is 11.9. The number of piperazine rings is 1. The van der Waals surface area contributed by atoms with Crippen LogP contribution in [0.2, 0.25) is 0 Å². The van der Waals surface area contributed by atoms with Crippen LogP contribution in [0.3, 0.4) is 0 Å². The van der Waals surface area contributed by atoms with Gasteiger partial charge in [-0.1, -0.05) is 27.7 Å². The number of amides is 2. The number of nitrogens with one attached hydrogen (secondary N) is 2. The second-order valence-corrected chi connectivity index (χ2v) is 16.8. The summed E-state index contributed by atoms with van der Waals surface area (Å²) in [7, 11) is 0. The Morgan fingerprint density at radius 2 is 1.80 bits per heavy atom. The number of Topliss-reactive ketones (excluding diaryl/α,β-unsaturated/α-hetero) is 1. The SMILES string of the molecule is C[C@H]1CC[C@@]2(NC1)O[C@H]1C[C@H]3[C@@H]4CC[C@@H]5C[C@H](NC(=O)CC(=O)N6CCN(CCO)CC6)CC[C@]5(C)[C@H]4CC(=O)[C@]3(C)[C@H]1[C@@H]2C. The Kier molecular flexibility index (Phi) is 8.43. The summed E-state index contributed by atoms with van der Waals surface area (Å²) in [6.07, 6.45) is 9.32. The van der Waals surface area contributed by atoms with Gasteiger partial charge in [-0.15, -0.1) is 0 Å².